The Bertz CT molecular complexity index is 296. The van der Waals surface area contributed by atoms with Crippen LogP contribution in [0.15, 0.2) is 23.7 Å². The number of halogens is 1. The Balaban J connectivity index is 3.02. The van der Waals surface area contributed by atoms with Gasteiger partial charge in [-0.1, -0.05) is 17.7 Å². The molecule has 1 rings (SSSR count). The van der Waals surface area contributed by atoms with Gasteiger partial charge in [0, 0.05) is 11.6 Å². The predicted molar refractivity (Wildman–Crippen MR) is 50.3 cm³/mol. The van der Waals surface area contributed by atoms with Crippen LogP contribution < -0.4 is 4.74 Å². The second-order valence-corrected chi connectivity index (χ2v) is 2.58. The summed E-state index contributed by atoms with van der Waals surface area (Å²) >= 11 is 5.54. The largest absolute Gasteiger partial charge is 0.481 e. The van der Waals surface area contributed by atoms with Gasteiger partial charge in [-0.05, 0) is 18.6 Å². The van der Waals surface area contributed by atoms with Crippen molar-refractivity contribution in [2.45, 2.75) is 6.92 Å². The topological polar surface area (TPSA) is 22.1 Å². The van der Waals surface area contributed by atoms with E-state index in [1.165, 1.54) is 5.54 Å². The van der Waals surface area contributed by atoms with Crippen LogP contribution in [0.5, 0.6) is 5.88 Å². The smallest absolute Gasteiger partial charge is 0.213 e. The number of rotatable bonds is 2. The highest BCUT2D eigenvalue weighted by atomic mass is 35.5. The van der Waals surface area contributed by atoms with Crippen molar-refractivity contribution in [2.75, 3.05) is 7.11 Å². The van der Waals surface area contributed by atoms with Crippen molar-refractivity contribution >= 4 is 17.2 Å². The van der Waals surface area contributed by atoms with Crippen molar-refractivity contribution in [3.8, 4) is 5.88 Å². The highest BCUT2D eigenvalue weighted by Gasteiger charge is 1.97. The third kappa shape index (κ3) is 1.98. The minimum atomic E-state index is 0.602. The number of methoxy groups -OCH3 is 1. The average Bonchev–Trinajstić information content (AvgIpc) is 2.17. The van der Waals surface area contributed by atoms with Crippen LogP contribution in [0.2, 0.25) is 0 Å². The molecule has 1 aromatic heterocycles. The van der Waals surface area contributed by atoms with Gasteiger partial charge >= 0.3 is 0 Å². The number of ether oxygens (including phenoxy) is 1. The highest BCUT2D eigenvalue weighted by Crippen LogP contribution is 2.15. The fourth-order valence-electron chi connectivity index (χ4n) is 0.804. The fraction of sp³-hybridized carbons (Fsp3) is 0.222. The molecule has 64 valence electrons. The van der Waals surface area contributed by atoms with Crippen molar-refractivity contribution in [1.29, 1.82) is 0 Å². The Morgan fingerprint density at radius 3 is 2.92 bits per heavy atom. The molecule has 1 aromatic rings. The van der Waals surface area contributed by atoms with E-state index in [-0.39, 0.29) is 0 Å². The third-order valence-electron chi connectivity index (χ3n) is 1.50. The second kappa shape index (κ2) is 4.12. The van der Waals surface area contributed by atoms with Gasteiger partial charge in [-0.2, -0.15) is 0 Å². The zero-order valence-electron chi connectivity index (χ0n) is 7.04. The molecule has 1 heterocycles. The van der Waals surface area contributed by atoms with Crippen molar-refractivity contribution in [2.24, 2.45) is 0 Å². The molecule has 0 aliphatic carbocycles. The van der Waals surface area contributed by atoms with Crippen LogP contribution >= 0.6 is 11.6 Å². The molecule has 2 nitrogen and oxygen atoms in total. The lowest BCUT2D eigenvalue weighted by molar-refractivity contribution is 0.397. The van der Waals surface area contributed by atoms with Crippen LogP contribution in [0, 0.1) is 0 Å². The van der Waals surface area contributed by atoms with Crippen molar-refractivity contribution in [3.63, 3.8) is 0 Å². The lowest BCUT2D eigenvalue weighted by Gasteiger charge is -2.01. The molecule has 0 unspecified atom stereocenters. The number of pyridine rings is 1. The molecule has 0 aliphatic heterocycles. The third-order valence-corrected chi connectivity index (χ3v) is 1.83. The zero-order valence-corrected chi connectivity index (χ0v) is 7.80. The Kier molecular flexibility index (Phi) is 3.11. The number of allylic oxidation sites excluding steroid dienone is 1. The molecular formula is C9H10ClNO. The normalized spacial score (nSPS) is 11.4. The molecule has 0 saturated carbocycles. The molecule has 0 aromatic carbocycles. The van der Waals surface area contributed by atoms with E-state index >= 15 is 0 Å². The summed E-state index contributed by atoms with van der Waals surface area (Å²) in [6.07, 6.45) is 0. The van der Waals surface area contributed by atoms with Crippen LogP contribution in [-0.4, -0.2) is 12.1 Å². The van der Waals surface area contributed by atoms with Gasteiger partial charge in [-0.15, -0.1) is 0 Å². The molecule has 0 atom stereocenters. The van der Waals surface area contributed by atoms with Gasteiger partial charge in [0.1, 0.15) is 0 Å². The standard InChI is InChI=1S/C9H10ClNO/c1-7(6-10)8-4-3-5-9(11-8)12-2/h3-6H,1-2H3. The molecule has 0 N–H and O–H groups in total. The van der Waals surface area contributed by atoms with E-state index in [0.29, 0.717) is 5.88 Å². The quantitative estimate of drug-likeness (QED) is 0.704. The van der Waals surface area contributed by atoms with Crippen LogP contribution in [0.4, 0.5) is 0 Å². The highest BCUT2D eigenvalue weighted by molar-refractivity contribution is 6.28. The average molecular weight is 184 g/mol. The Morgan fingerprint density at radius 2 is 2.33 bits per heavy atom. The summed E-state index contributed by atoms with van der Waals surface area (Å²) in [4.78, 5) is 4.19. The van der Waals surface area contributed by atoms with Gasteiger partial charge in [0.05, 0.1) is 12.8 Å². The van der Waals surface area contributed by atoms with E-state index in [9.17, 15) is 0 Å². The van der Waals surface area contributed by atoms with Crippen LogP contribution in [0.25, 0.3) is 5.57 Å². The molecule has 0 spiro atoms. The molecule has 0 aliphatic rings. The predicted octanol–water partition coefficient (Wildman–Crippen LogP) is 2.69. The van der Waals surface area contributed by atoms with Gasteiger partial charge < -0.3 is 4.74 Å². The first-order chi connectivity index (χ1) is 5.77. The molecule has 0 amide bonds. The van der Waals surface area contributed by atoms with E-state index in [0.717, 1.165) is 11.3 Å². The summed E-state index contributed by atoms with van der Waals surface area (Å²) in [5, 5.41) is 0. The summed E-state index contributed by atoms with van der Waals surface area (Å²) < 4.78 is 4.97. The molecule has 12 heavy (non-hydrogen) atoms. The molecule has 0 fully saturated rings. The molecular weight excluding hydrogens is 174 g/mol. The van der Waals surface area contributed by atoms with Crippen molar-refractivity contribution < 1.29 is 4.74 Å². The van der Waals surface area contributed by atoms with E-state index in [1.54, 1.807) is 13.2 Å². The lowest BCUT2D eigenvalue weighted by atomic mass is 10.2. The number of hydrogen-bond acceptors (Lipinski definition) is 2. The summed E-state index contributed by atoms with van der Waals surface area (Å²) in [5.74, 6) is 0.602. The van der Waals surface area contributed by atoms with E-state index in [2.05, 4.69) is 4.98 Å². The van der Waals surface area contributed by atoms with Gasteiger partial charge in [0.25, 0.3) is 0 Å². The first-order valence-corrected chi connectivity index (χ1v) is 4.00. The summed E-state index contributed by atoms with van der Waals surface area (Å²) in [7, 11) is 1.59. The zero-order chi connectivity index (χ0) is 8.97. The maximum absolute atomic E-state index is 5.54. The summed E-state index contributed by atoms with van der Waals surface area (Å²) in [6, 6.07) is 5.56. The summed E-state index contributed by atoms with van der Waals surface area (Å²) in [6.45, 7) is 1.90. The van der Waals surface area contributed by atoms with Crippen molar-refractivity contribution in [3.05, 3.63) is 29.4 Å². The molecule has 0 bridgehead atoms. The Labute approximate surface area is 76.8 Å². The first kappa shape index (κ1) is 9.07. The van der Waals surface area contributed by atoms with Crippen LogP contribution in [0.3, 0.4) is 0 Å². The van der Waals surface area contributed by atoms with Crippen LogP contribution in [0.1, 0.15) is 12.6 Å². The fourth-order valence-corrected chi connectivity index (χ4v) is 0.916. The maximum atomic E-state index is 5.54. The first-order valence-electron chi connectivity index (χ1n) is 3.56. The van der Waals surface area contributed by atoms with Gasteiger partial charge in [0.15, 0.2) is 0 Å². The number of aromatic nitrogens is 1. The van der Waals surface area contributed by atoms with Gasteiger partial charge in [-0.3, -0.25) is 0 Å². The van der Waals surface area contributed by atoms with Gasteiger partial charge in [0.2, 0.25) is 5.88 Å². The lowest BCUT2D eigenvalue weighted by Crippen LogP contribution is -1.90. The Hall–Kier alpha value is -1.02. The SMILES string of the molecule is COc1cccc(C(C)=CCl)n1. The molecule has 0 radical (unpaired) electrons. The number of hydrogen-bond donors (Lipinski definition) is 0. The van der Waals surface area contributed by atoms with Crippen molar-refractivity contribution in [1.82, 2.24) is 4.98 Å². The minimum absolute atomic E-state index is 0.602. The minimum Gasteiger partial charge on any atom is -0.481 e. The molecule has 0 saturated heterocycles. The van der Waals surface area contributed by atoms with E-state index < -0.39 is 0 Å². The second-order valence-electron chi connectivity index (χ2n) is 2.36. The van der Waals surface area contributed by atoms with E-state index in [1.807, 2.05) is 19.1 Å². The van der Waals surface area contributed by atoms with E-state index in [4.69, 9.17) is 16.3 Å². The number of nitrogens with zero attached hydrogens (tertiary/aromatic N) is 1. The summed E-state index contributed by atoms with van der Waals surface area (Å²) in [5.41, 5.74) is 3.27. The molecule has 3 heteroatoms. The van der Waals surface area contributed by atoms with Crippen LogP contribution in [-0.2, 0) is 0 Å². The Morgan fingerprint density at radius 1 is 1.58 bits per heavy atom. The maximum Gasteiger partial charge on any atom is 0.213 e. The van der Waals surface area contributed by atoms with Gasteiger partial charge in [-0.25, -0.2) is 4.98 Å². The monoisotopic (exact) mass is 183 g/mol.